The van der Waals surface area contributed by atoms with Gasteiger partial charge >= 0.3 is 0 Å². The molecule has 1 fully saturated rings. The van der Waals surface area contributed by atoms with E-state index in [1.807, 2.05) is 0 Å². The van der Waals surface area contributed by atoms with Crippen molar-refractivity contribution in [2.24, 2.45) is 23.0 Å². The average molecular weight is 155 g/mol. The van der Waals surface area contributed by atoms with Crippen molar-refractivity contribution in [2.75, 3.05) is 6.54 Å². The maximum absolute atomic E-state index is 5.79. The maximum Gasteiger partial charge on any atom is -0.00205 e. The highest BCUT2D eigenvalue weighted by Crippen LogP contribution is 2.42. The SMILES string of the molecule is CC1CCC(C)C(C)(CN)C1. The summed E-state index contributed by atoms with van der Waals surface area (Å²) in [5.41, 5.74) is 6.22. The van der Waals surface area contributed by atoms with E-state index in [-0.39, 0.29) is 0 Å². The van der Waals surface area contributed by atoms with Crippen molar-refractivity contribution in [3.8, 4) is 0 Å². The molecule has 66 valence electrons. The third-order valence-electron chi connectivity index (χ3n) is 3.56. The monoisotopic (exact) mass is 155 g/mol. The number of hydrogen-bond donors (Lipinski definition) is 1. The first kappa shape index (κ1) is 9.05. The third kappa shape index (κ3) is 1.76. The Bertz CT molecular complexity index is 133. The van der Waals surface area contributed by atoms with Gasteiger partial charge in [0.15, 0.2) is 0 Å². The molecule has 1 nitrogen and oxygen atoms in total. The molecule has 1 aliphatic rings. The first-order valence-corrected chi connectivity index (χ1v) is 4.78. The van der Waals surface area contributed by atoms with E-state index >= 15 is 0 Å². The van der Waals surface area contributed by atoms with Crippen LogP contribution in [0.2, 0.25) is 0 Å². The quantitative estimate of drug-likeness (QED) is 0.618. The molecule has 0 heterocycles. The molecule has 0 saturated heterocycles. The van der Waals surface area contributed by atoms with Crippen LogP contribution in [0.15, 0.2) is 0 Å². The van der Waals surface area contributed by atoms with Gasteiger partial charge in [-0.25, -0.2) is 0 Å². The maximum atomic E-state index is 5.79. The van der Waals surface area contributed by atoms with E-state index in [4.69, 9.17) is 5.73 Å². The van der Waals surface area contributed by atoms with Gasteiger partial charge in [-0.05, 0) is 36.6 Å². The van der Waals surface area contributed by atoms with Crippen LogP contribution in [-0.2, 0) is 0 Å². The van der Waals surface area contributed by atoms with Gasteiger partial charge in [0.1, 0.15) is 0 Å². The molecule has 0 radical (unpaired) electrons. The van der Waals surface area contributed by atoms with Gasteiger partial charge in [0.25, 0.3) is 0 Å². The molecule has 11 heavy (non-hydrogen) atoms. The molecule has 1 rings (SSSR count). The fraction of sp³-hybridized carbons (Fsp3) is 1.00. The first-order valence-electron chi connectivity index (χ1n) is 4.78. The highest BCUT2D eigenvalue weighted by molar-refractivity contribution is 4.86. The zero-order chi connectivity index (χ0) is 8.48. The summed E-state index contributed by atoms with van der Waals surface area (Å²) in [6.45, 7) is 7.89. The molecule has 0 aliphatic heterocycles. The van der Waals surface area contributed by atoms with Gasteiger partial charge in [0, 0.05) is 0 Å². The fourth-order valence-electron chi connectivity index (χ4n) is 2.27. The Labute approximate surface area is 70.4 Å². The van der Waals surface area contributed by atoms with Crippen molar-refractivity contribution >= 4 is 0 Å². The van der Waals surface area contributed by atoms with Crippen molar-refractivity contribution in [1.82, 2.24) is 0 Å². The lowest BCUT2D eigenvalue weighted by molar-refractivity contribution is 0.103. The molecule has 0 bridgehead atoms. The molecular weight excluding hydrogens is 134 g/mol. The zero-order valence-corrected chi connectivity index (χ0v) is 8.06. The Kier molecular flexibility index (Phi) is 2.58. The predicted octanol–water partition coefficient (Wildman–Crippen LogP) is 2.41. The number of nitrogens with two attached hydrogens (primary N) is 1. The zero-order valence-electron chi connectivity index (χ0n) is 8.06. The van der Waals surface area contributed by atoms with Crippen molar-refractivity contribution in [2.45, 2.75) is 40.0 Å². The van der Waals surface area contributed by atoms with Gasteiger partial charge in [-0.3, -0.25) is 0 Å². The average Bonchev–Trinajstić information content (AvgIpc) is 1.98. The van der Waals surface area contributed by atoms with Crippen LogP contribution >= 0.6 is 0 Å². The summed E-state index contributed by atoms with van der Waals surface area (Å²) in [6.07, 6.45) is 4.09. The predicted molar refractivity (Wildman–Crippen MR) is 49.3 cm³/mol. The van der Waals surface area contributed by atoms with Crippen LogP contribution in [0.3, 0.4) is 0 Å². The van der Waals surface area contributed by atoms with Crippen molar-refractivity contribution in [3.63, 3.8) is 0 Å². The molecular formula is C10H21N. The molecule has 0 amide bonds. The van der Waals surface area contributed by atoms with E-state index in [9.17, 15) is 0 Å². The molecule has 0 aromatic carbocycles. The van der Waals surface area contributed by atoms with E-state index in [0.29, 0.717) is 5.41 Å². The van der Waals surface area contributed by atoms with Gasteiger partial charge in [0.05, 0.1) is 0 Å². The summed E-state index contributed by atoms with van der Waals surface area (Å²) in [7, 11) is 0. The van der Waals surface area contributed by atoms with Gasteiger partial charge in [-0.1, -0.05) is 27.2 Å². The Morgan fingerprint density at radius 3 is 2.45 bits per heavy atom. The summed E-state index contributed by atoms with van der Waals surface area (Å²) < 4.78 is 0. The highest BCUT2D eigenvalue weighted by atomic mass is 14.6. The normalized spacial score (nSPS) is 45.8. The second-order valence-corrected chi connectivity index (χ2v) is 4.65. The Morgan fingerprint density at radius 1 is 1.36 bits per heavy atom. The summed E-state index contributed by atoms with van der Waals surface area (Å²) in [5, 5.41) is 0. The largest absolute Gasteiger partial charge is 0.330 e. The Hall–Kier alpha value is -0.0400. The standard InChI is InChI=1S/C10H21N/c1-8-4-5-9(2)10(3,6-8)7-11/h8-9H,4-7,11H2,1-3H3. The van der Waals surface area contributed by atoms with Crippen molar-refractivity contribution < 1.29 is 0 Å². The highest BCUT2D eigenvalue weighted by Gasteiger charge is 2.34. The van der Waals surface area contributed by atoms with Crippen LogP contribution in [0.1, 0.15) is 40.0 Å². The minimum atomic E-state index is 0.428. The molecule has 3 unspecified atom stereocenters. The molecule has 1 saturated carbocycles. The molecule has 0 aromatic heterocycles. The van der Waals surface area contributed by atoms with E-state index in [1.165, 1.54) is 19.3 Å². The summed E-state index contributed by atoms with van der Waals surface area (Å²) in [4.78, 5) is 0. The van der Waals surface area contributed by atoms with Gasteiger partial charge in [-0.2, -0.15) is 0 Å². The van der Waals surface area contributed by atoms with E-state index < -0.39 is 0 Å². The van der Waals surface area contributed by atoms with Gasteiger partial charge in [-0.15, -0.1) is 0 Å². The van der Waals surface area contributed by atoms with Crippen molar-refractivity contribution in [3.05, 3.63) is 0 Å². The molecule has 0 aromatic rings. The lowest BCUT2D eigenvalue weighted by atomic mass is 9.65. The van der Waals surface area contributed by atoms with E-state index in [1.54, 1.807) is 0 Å². The Balaban J connectivity index is 2.60. The van der Waals surface area contributed by atoms with Crippen LogP contribution in [0, 0.1) is 17.3 Å². The minimum absolute atomic E-state index is 0.428. The van der Waals surface area contributed by atoms with Crippen molar-refractivity contribution in [1.29, 1.82) is 0 Å². The van der Waals surface area contributed by atoms with Crippen LogP contribution < -0.4 is 5.73 Å². The second kappa shape index (κ2) is 3.14. The fourth-order valence-corrected chi connectivity index (χ4v) is 2.27. The topological polar surface area (TPSA) is 26.0 Å². The number of rotatable bonds is 1. The van der Waals surface area contributed by atoms with Crippen LogP contribution in [0.25, 0.3) is 0 Å². The van der Waals surface area contributed by atoms with Crippen LogP contribution in [-0.4, -0.2) is 6.54 Å². The lowest BCUT2D eigenvalue weighted by Gasteiger charge is -2.41. The lowest BCUT2D eigenvalue weighted by Crippen LogP contribution is -2.38. The summed E-state index contributed by atoms with van der Waals surface area (Å²) in [6, 6.07) is 0. The second-order valence-electron chi connectivity index (χ2n) is 4.65. The van der Waals surface area contributed by atoms with Crippen LogP contribution in [0.5, 0.6) is 0 Å². The van der Waals surface area contributed by atoms with Crippen LogP contribution in [0.4, 0.5) is 0 Å². The summed E-state index contributed by atoms with van der Waals surface area (Å²) >= 11 is 0. The molecule has 0 spiro atoms. The molecule has 1 aliphatic carbocycles. The first-order chi connectivity index (χ1) is 5.08. The number of hydrogen-bond acceptors (Lipinski definition) is 1. The summed E-state index contributed by atoms with van der Waals surface area (Å²) in [5.74, 6) is 1.71. The third-order valence-corrected chi connectivity index (χ3v) is 3.56. The molecule has 2 N–H and O–H groups in total. The van der Waals surface area contributed by atoms with E-state index in [0.717, 1.165) is 18.4 Å². The van der Waals surface area contributed by atoms with E-state index in [2.05, 4.69) is 20.8 Å². The smallest absolute Gasteiger partial charge is 0.00205 e. The minimum Gasteiger partial charge on any atom is -0.330 e. The Morgan fingerprint density at radius 2 is 2.00 bits per heavy atom. The van der Waals surface area contributed by atoms with Gasteiger partial charge in [0.2, 0.25) is 0 Å². The van der Waals surface area contributed by atoms with Gasteiger partial charge < -0.3 is 5.73 Å². The molecule has 1 heteroatoms. The molecule has 3 atom stereocenters.